The second-order valence-electron chi connectivity index (χ2n) is 5.15. The Labute approximate surface area is 135 Å². The fourth-order valence-corrected chi connectivity index (χ4v) is 2.35. The summed E-state index contributed by atoms with van der Waals surface area (Å²) < 4.78 is 15.8. The Balaban J connectivity index is 2.58. The van der Waals surface area contributed by atoms with Crippen molar-refractivity contribution in [2.45, 2.75) is 13.8 Å². The third-order valence-electron chi connectivity index (χ3n) is 3.87. The molecule has 0 unspecified atom stereocenters. The van der Waals surface area contributed by atoms with Crippen molar-refractivity contribution in [3.05, 3.63) is 46.5 Å². The van der Waals surface area contributed by atoms with E-state index in [1.165, 1.54) is 21.3 Å². The molecule has 0 atom stereocenters. The number of phenolic OH excluding ortho intramolecular Hbond substituents is 1. The predicted octanol–water partition coefficient (Wildman–Crippen LogP) is 3.27. The van der Waals surface area contributed by atoms with E-state index in [1.807, 2.05) is 6.92 Å². The van der Waals surface area contributed by atoms with E-state index in [-0.39, 0.29) is 17.1 Å². The fourth-order valence-electron chi connectivity index (χ4n) is 2.35. The van der Waals surface area contributed by atoms with E-state index >= 15 is 0 Å². The molecular weight excluding hydrogens is 296 g/mol. The van der Waals surface area contributed by atoms with Crippen LogP contribution in [-0.2, 0) is 0 Å². The number of carbonyl (C=O) groups excluding carboxylic acids is 1. The molecule has 0 bridgehead atoms. The van der Waals surface area contributed by atoms with Crippen LogP contribution in [0.25, 0.3) is 0 Å². The quantitative estimate of drug-likeness (QED) is 0.858. The van der Waals surface area contributed by atoms with Crippen LogP contribution in [0.3, 0.4) is 0 Å². The van der Waals surface area contributed by atoms with Crippen molar-refractivity contribution in [1.82, 2.24) is 0 Å². The summed E-state index contributed by atoms with van der Waals surface area (Å²) in [4.78, 5) is 12.8. The normalized spacial score (nSPS) is 10.3. The van der Waals surface area contributed by atoms with Crippen LogP contribution in [0.1, 0.15) is 27.0 Å². The molecule has 122 valence electrons. The number of methoxy groups -OCH3 is 3. The third-order valence-corrected chi connectivity index (χ3v) is 3.87. The summed E-state index contributed by atoms with van der Waals surface area (Å²) in [5.41, 5.74) is 2.19. The maximum Gasteiger partial charge on any atom is 0.203 e. The van der Waals surface area contributed by atoms with Gasteiger partial charge in [-0.3, -0.25) is 4.79 Å². The molecule has 0 spiro atoms. The molecule has 1 N–H and O–H groups in total. The summed E-state index contributed by atoms with van der Waals surface area (Å²) in [5, 5.41) is 10.3. The van der Waals surface area contributed by atoms with Crippen molar-refractivity contribution in [2.24, 2.45) is 0 Å². The number of aryl methyl sites for hydroxylation is 1. The molecule has 0 fully saturated rings. The van der Waals surface area contributed by atoms with Gasteiger partial charge >= 0.3 is 0 Å². The second kappa shape index (κ2) is 6.60. The molecular formula is C18H20O5. The van der Waals surface area contributed by atoms with E-state index in [9.17, 15) is 9.90 Å². The van der Waals surface area contributed by atoms with Crippen molar-refractivity contribution >= 4 is 5.78 Å². The Morgan fingerprint density at radius 2 is 1.52 bits per heavy atom. The number of ketones is 1. The minimum absolute atomic E-state index is 0.0104. The standard InChI is InChI=1S/C18H20O5/c1-10-6-7-13(16(19)11(10)2)17(20)12-8-14(21-3)18(23-5)15(9-12)22-4/h6-9,19H,1-5H3. The van der Waals surface area contributed by atoms with Gasteiger partial charge in [-0.2, -0.15) is 0 Å². The summed E-state index contributed by atoms with van der Waals surface area (Å²) in [5.74, 6) is 0.863. The van der Waals surface area contributed by atoms with Crippen LogP contribution in [0.5, 0.6) is 23.0 Å². The first-order valence-electron chi connectivity index (χ1n) is 7.08. The monoisotopic (exact) mass is 316 g/mol. The minimum Gasteiger partial charge on any atom is -0.507 e. The lowest BCUT2D eigenvalue weighted by Gasteiger charge is -2.14. The molecule has 0 amide bonds. The lowest BCUT2D eigenvalue weighted by atomic mass is 9.97. The van der Waals surface area contributed by atoms with Crippen molar-refractivity contribution < 1.29 is 24.1 Å². The Hall–Kier alpha value is -2.69. The lowest BCUT2D eigenvalue weighted by Crippen LogP contribution is -2.05. The Morgan fingerprint density at radius 3 is 2.00 bits per heavy atom. The van der Waals surface area contributed by atoms with Gasteiger partial charge in [0.2, 0.25) is 5.75 Å². The van der Waals surface area contributed by atoms with Crippen LogP contribution in [0.15, 0.2) is 24.3 Å². The highest BCUT2D eigenvalue weighted by Crippen LogP contribution is 2.39. The maximum atomic E-state index is 12.8. The molecule has 5 heteroatoms. The van der Waals surface area contributed by atoms with Gasteiger partial charge in [0, 0.05) is 5.56 Å². The molecule has 23 heavy (non-hydrogen) atoms. The second-order valence-corrected chi connectivity index (χ2v) is 5.15. The molecule has 0 radical (unpaired) electrons. The average molecular weight is 316 g/mol. The van der Waals surface area contributed by atoms with E-state index in [4.69, 9.17) is 14.2 Å². The SMILES string of the molecule is COc1cc(C(=O)c2ccc(C)c(C)c2O)cc(OC)c1OC. The Bertz CT molecular complexity index is 724. The van der Waals surface area contributed by atoms with Crippen LogP contribution in [0, 0.1) is 13.8 Å². The molecule has 2 aromatic carbocycles. The number of phenols is 1. The van der Waals surface area contributed by atoms with Gasteiger partial charge in [0.15, 0.2) is 17.3 Å². The molecule has 5 nitrogen and oxygen atoms in total. The summed E-state index contributed by atoms with van der Waals surface area (Å²) in [6.45, 7) is 3.65. The van der Waals surface area contributed by atoms with Gasteiger partial charge in [0.25, 0.3) is 0 Å². The first-order valence-corrected chi connectivity index (χ1v) is 7.08. The van der Waals surface area contributed by atoms with Crippen LogP contribution in [0.4, 0.5) is 0 Å². The molecule has 0 aliphatic rings. The Kier molecular flexibility index (Phi) is 4.79. The summed E-state index contributed by atoms with van der Waals surface area (Å²) in [6, 6.07) is 6.56. The van der Waals surface area contributed by atoms with Gasteiger partial charge in [-0.1, -0.05) is 6.07 Å². The van der Waals surface area contributed by atoms with Gasteiger partial charge < -0.3 is 19.3 Å². The number of rotatable bonds is 5. The Morgan fingerprint density at radius 1 is 0.957 bits per heavy atom. The number of hydrogen-bond donors (Lipinski definition) is 1. The first-order chi connectivity index (χ1) is 10.9. The van der Waals surface area contributed by atoms with Gasteiger partial charge in [-0.15, -0.1) is 0 Å². The van der Waals surface area contributed by atoms with Gasteiger partial charge in [-0.05, 0) is 43.2 Å². The van der Waals surface area contributed by atoms with Gasteiger partial charge in [0.1, 0.15) is 5.75 Å². The lowest BCUT2D eigenvalue weighted by molar-refractivity contribution is 0.103. The molecule has 0 saturated carbocycles. The number of aromatic hydroxyl groups is 1. The van der Waals surface area contributed by atoms with Crippen molar-refractivity contribution in [1.29, 1.82) is 0 Å². The molecule has 0 heterocycles. The van der Waals surface area contributed by atoms with Crippen molar-refractivity contribution in [2.75, 3.05) is 21.3 Å². The highest BCUT2D eigenvalue weighted by atomic mass is 16.5. The largest absolute Gasteiger partial charge is 0.507 e. The highest BCUT2D eigenvalue weighted by molar-refractivity contribution is 6.11. The zero-order valence-corrected chi connectivity index (χ0v) is 13.9. The molecule has 0 aliphatic heterocycles. The summed E-state index contributed by atoms with van der Waals surface area (Å²) in [6.07, 6.45) is 0. The minimum atomic E-state index is -0.315. The van der Waals surface area contributed by atoms with Gasteiger partial charge in [-0.25, -0.2) is 0 Å². The van der Waals surface area contributed by atoms with Crippen LogP contribution < -0.4 is 14.2 Å². The topological polar surface area (TPSA) is 65.0 Å². The zero-order valence-electron chi connectivity index (χ0n) is 13.9. The number of ether oxygens (including phenoxy) is 3. The fraction of sp³-hybridized carbons (Fsp3) is 0.278. The predicted molar refractivity (Wildman–Crippen MR) is 87.1 cm³/mol. The van der Waals surface area contributed by atoms with Crippen LogP contribution >= 0.6 is 0 Å². The smallest absolute Gasteiger partial charge is 0.203 e. The van der Waals surface area contributed by atoms with Crippen molar-refractivity contribution in [3.8, 4) is 23.0 Å². The molecule has 2 rings (SSSR count). The molecule has 0 aromatic heterocycles. The number of carbonyl (C=O) groups is 1. The van der Waals surface area contributed by atoms with E-state index in [2.05, 4.69) is 0 Å². The average Bonchev–Trinajstić information content (AvgIpc) is 2.57. The number of hydrogen-bond acceptors (Lipinski definition) is 5. The highest BCUT2D eigenvalue weighted by Gasteiger charge is 2.21. The maximum absolute atomic E-state index is 12.8. The molecule has 0 saturated heterocycles. The van der Waals surface area contributed by atoms with E-state index in [1.54, 1.807) is 31.2 Å². The zero-order chi connectivity index (χ0) is 17.1. The number of benzene rings is 2. The molecule has 0 aliphatic carbocycles. The first kappa shape index (κ1) is 16.7. The summed E-state index contributed by atoms with van der Waals surface area (Å²) in [7, 11) is 4.47. The van der Waals surface area contributed by atoms with Crippen LogP contribution in [-0.4, -0.2) is 32.2 Å². The van der Waals surface area contributed by atoms with Gasteiger partial charge in [0.05, 0.1) is 26.9 Å². The van der Waals surface area contributed by atoms with E-state index in [0.717, 1.165) is 5.56 Å². The third kappa shape index (κ3) is 2.95. The van der Waals surface area contributed by atoms with Crippen molar-refractivity contribution in [3.63, 3.8) is 0 Å². The van der Waals surface area contributed by atoms with E-state index < -0.39 is 0 Å². The summed E-state index contributed by atoms with van der Waals surface area (Å²) >= 11 is 0. The van der Waals surface area contributed by atoms with E-state index in [0.29, 0.717) is 28.4 Å². The van der Waals surface area contributed by atoms with Crippen LogP contribution in [0.2, 0.25) is 0 Å². The molecule has 2 aromatic rings.